The van der Waals surface area contributed by atoms with Gasteiger partial charge in [-0.05, 0) is 56.1 Å². The van der Waals surface area contributed by atoms with Gasteiger partial charge >= 0.3 is 0 Å². The van der Waals surface area contributed by atoms with Gasteiger partial charge in [-0.15, -0.1) is 0 Å². The Morgan fingerprint density at radius 1 is 1.38 bits per heavy atom. The molecule has 5 heteroatoms. The normalized spacial score (nSPS) is 18.6. The number of fused-ring (bicyclic) bond motifs is 1. The number of aromatic amines is 1. The second-order valence-electron chi connectivity index (χ2n) is 6.82. The molecule has 0 spiro atoms. The number of hydrogen-bond acceptors (Lipinski definition) is 4. The summed E-state index contributed by atoms with van der Waals surface area (Å²) in [4.78, 5) is 20.2. The van der Waals surface area contributed by atoms with E-state index >= 15 is 0 Å². The standard InChI is InChI=1S/C19H27N3O2/c1-4-22(12-14-7-8-21(2)11-14)13-16-9-15-5-6-17(24-3)10-18(15)20-19(16)23/h5-6,9-10,14H,4,7-8,11-13H2,1-3H3,(H,20,23). The molecule has 130 valence electrons. The van der Waals surface area contributed by atoms with E-state index in [2.05, 4.69) is 28.8 Å². The maximum absolute atomic E-state index is 12.4. The first kappa shape index (κ1) is 17.0. The molecule has 0 aliphatic carbocycles. The maximum atomic E-state index is 12.4. The van der Waals surface area contributed by atoms with Crippen LogP contribution in [0.15, 0.2) is 29.1 Å². The summed E-state index contributed by atoms with van der Waals surface area (Å²) in [6.45, 7) is 7.22. The summed E-state index contributed by atoms with van der Waals surface area (Å²) in [5.41, 5.74) is 1.65. The van der Waals surface area contributed by atoms with E-state index in [1.165, 1.54) is 13.0 Å². The van der Waals surface area contributed by atoms with E-state index in [-0.39, 0.29) is 5.56 Å². The average molecular weight is 329 g/mol. The molecule has 3 rings (SSSR count). The van der Waals surface area contributed by atoms with Gasteiger partial charge < -0.3 is 14.6 Å². The van der Waals surface area contributed by atoms with Gasteiger partial charge in [-0.3, -0.25) is 9.69 Å². The zero-order valence-electron chi connectivity index (χ0n) is 14.8. The van der Waals surface area contributed by atoms with Crippen molar-refractivity contribution in [2.75, 3.05) is 40.3 Å². The molecule has 1 aromatic heterocycles. The van der Waals surface area contributed by atoms with Gasteiger partial charge in [0.2, 0.25) is 0 Å². The Morgan fingerprint density at radius 2 is 2.21 bits per heavy atom. The lowest BCUT2D eigenvalue weighted by Crippen LogP contribution is -2.32. The highest BCUT2D eigenvalue weighted by Crippen LogP contribution is 2.20. The second-order valence-corrected chi connectivity index (χ2v) is 6.82. The number of hydrogen-bond donors (Lipinski definition) is 1. The van der Waals surface area contributed by atoms with Crippen LogP contribution >= 0.6 is 0 Å². The zero-order valence-corrected chi connectivity index (χ0v) is 14.8. The number of ether oxygens (including phenoxy) is 1. The fraction of sp³-hybridized carbons (Fsp3) is 0.526. The average Bonchev–Trinajstić information content (AvgIpc) is 2.99. The van der Waals surface area contributed by atoms with Gasteiger partial charge in [-0.25, -0.2) is 0 Å². The zero-order chi connectivity index (χ0) is 17.1. The fourth-order valence-electron chi connectivity index (χ4n) is 3.56. The summed E-state index contributed by atoms with van der Waals surface area (Å²) < 4.78 is 5.22. The number of rotatable bonds is 6. The van der Waals surface area contributed by atoms with Crippen molar-refractivity contribution in [2.45, 2.75) is 19.9 Å². The van der Waals surface area contributed by atoms with Crippen molar-refractivity contribution < 1.29 is 4.74 Å². The molecule has 1 aliphatic heterocycles. The maximum Gasteiger partial charge on any atom is 0.252 e. The highest BCUT2D eigenvalue weighted by molar-refractivity contribution is 5.80. The number of likely N-dealkylation sites (tertiary alicyclic amines) is 1. The monoisotopic (exact) mass is 329 g/mol. The van der Waals surface area contributed by atoms with E-state index in [0.29, 0.717) is 12.5 Å². The molecule has 1 atom stereocenters. The van der Waals surface area contributed by atoms with Crippen molar-refractivity contribution in [3.05, 3.63) is 40.2 Å². The van der Waals surface area contributed by atoms with Crippen LogP contribution in [0, 0.1) is 5.92 Å². The molecule has 1 unspecified atom stereocenters. The highest BCUT2D eigenvalue weighted by Gasteiger charge is 2.22. The minimum absolute atomic E-state index is 0.00209. The van der Waals surface area contributed by atoms with Crippen molar-refractivity contribution in [3.8, 4) is 5.75 Å². The lowest BCUT2D eigenvalue weighted by Gasteiger charge is -2.24. The van der Waals surface area contributed by atoms with Gasteiger partial charge in [0.05, 0.1) is 12.6 Å². The summed E-state index contributed by atoms with van der Waals surface area (Å²) in [5.74, 6) is 1.46. The summed E-state index contributed by atoms with van der Waals surface area (Å²) in [6.07, 6.45) is 1.25. The molecule has 1 fully saturated rings. The first-order valence-corrected chi connectivity index (χ1v) is 8.70. The Hall–Kier alpha value is -1.85. The smallest absolute Gasteiger partial charge is 0.252 e. The lowest BCUT2D eigenvalue weighted by molar-refractivity contribution is 0.232. The molecule has 2 heterocycles. The number of methoxy groups -OCH3 is 1. The molecule has 24 heavy (non-hydrogen) atoms. The van der Waals surface area contributed by atoms with Crippen LogP contribution in [0.3, 0.4) is 0 Å². The van der Waals surface area contributed by atoms with E-state index in [0.717, 1.165) is 41.9 Å². The largest absolute Gasteiger partial charge is 0.497 e. The molecule has 5 nitrogen and oxygen atoms in total. The van der Waals surface area contributed by atoms with Crippen LogP contribution in [0.4, 0.5) is 0 Å². The molecule has 1 aliphatic rings. The second kappa shape index (κ2) is 7.36. The molecule has 1 saturated heterocycles. The van der Waals surface area contributed by atoms with Crippen LogP contribution in [0.2, 0.25) is 0 Å². The number of pyridine rings is 1. The Morgan fingerprint density at radius 3 is 2.88 bits per heavy atom. The molecule has 0 amide bonds. The lowest BCUT2D eigenvalue weighted by atomic mass is 10.1. The summed E-state index contributed by atoms with van der Waals surface area (Å²) >= 11 is 0. The first-order valence-electron chi connectivity index (χ1n) is 8.70. The molecule has 1 aromatic carbocycles. The molecule has 2 aromatic rings. The van der Waals surface area contributed by atoms with Crippen LogP contribution in [-0.2, 0) is 6.54 Å². The Balaban J connectivity index is 1.77. The van der Waals surface area contributed by atoms with Crippen molar-refractivity contribution in [2.24, 2.45) is 5.92 Å². The van der Waals surface area contributed by atoms with E-state index in [4.69, 9.17) is 4.74 Å². The van der Waals surface area contributed by atoms with Gasteiger partial charge in [0, 0.05) is 31.3 Å². The van der Waals surface area contributed by atoms with E-state index < -0.39 is 0 Å². The van der Waals surface area contributed by atoms with Crippen LogP contribution in [0.5, 0.6) is 5.75 Å². The summed E-state index contributed by atoms with van der Waals surface area (Å²) in [5, 5.41) is 1.04. The van der Waals surface area contributed by atoms with Gasteiger partial charge in [0.25, 0.3) is 5.56 Å². The molecule has 0 saturated carbocycles. The van der Waals surface area contributed by atoms with Crippen LogP contribution in [0.25, 0.3) is 10.9 Å². The van der Waals surface area contributed by atoms with Crippen LogP contribution in [0.1, 0.15) is 18.9 Å². The number of nitrogens with zero attached hydrogens (tertiary/aromatic N) is 2. The topological polar surface area (TPSA) is 48.6 Å². The predicted molar refractivity (Wildman–Crippen MR) is 97.7 cm³/mol. The predicted octanol–water partition coefficient (Wildman–Crippen LogP) is 2.31. The number of H-pyrrole nitrogens is 1. The first-order chi connectivity index (χ1) is 11.6. The summed E-state index contributed by atoms with van der Waals surface area (Å²) in [7, 11) is 3.81. The van der Waals surface area contributed by atoms with Crippen molar-refractivity contribution in [1.29, 1.82) is 0 Å². The van der Waals surface area contributed by atoms with Gasteiger partial charge in [-0.2, -0.15) is 0 Å². The SMILES string of the molecule is CCN(Cc1cc2ccc(OC)cc2[nH]c1=O)CC1CCN(C)C1. The molecule has 0 bridgehead atoms. The number of benzene rings is 1. The Labute approximate surface area is 143 Å². The van der Waals surface area contributed by atoms with Crippen molar-refractivity contribution in [3.63, 3.8) is 0 Å². The van der Waals surface area contributed by atoms with Gasteiger partial charge in [0.15, 0.2) is 0 Å². The van der Waals surface area contributed by atoms with E-state index in [1.54, 1.807) is 7.11 Å². The highest BCUT2D eigenvalue weighted by atomic mass is 16.5. The third-order valence-electron chi connectivity index (χ3n) is 4.98. The molecule has 1 N–H and O–H groups in total. The Kier molecular flexibility index (Phi) is 5.21. The van der Waals surface area contributed by atoms with Crippen LogP contribution in [-0.4, -0.2) is 55.1 Å². The van der Waals surface area contributed by atoms with E-state index in [1.807, 2.05) is 24.3 Å². The molecular weight excluding hydrogens is 302 g/mol. The van der Waals surface area contributed by atoms with Crippen LogP contribution < -0.4 is 10.3 Å². The van der Waals surface area contributed by atoms with Gasteiger partial charge in [-0.1, -0.05) is 6.92 Å². The van der Waals surface area contributed by atoms with E-state index in [9.17, 15) is 4.79 Å². The summed E-state index contributed by atoms with van der Waals surface area (Å²) in [6, 6.07) is 7.80. The number of aromatic nitrogens is 1. The fourth-order valence-corrected chi connectivity index (χ4v) is 3.56. The van der Waals surface area contributed by atoms with Gasteiger partial charge in [0.1, 0.15) is 5.75 Å². The third-order valence-corrected chi connectivity index (χ3v) is 4.98. The van der Waals surface area contributed by atoms with Crippen molar-refractivity contribution >= 4 is 10.9 Å². The molecule has 0 radical (unpaired) electrons. The quantitative estimate of drug-likeness (QED) is 0.883. The minimum atomic E-state index is -0.00209. The Bertz CT molecular complexity index is 756. The van der Waals surface area contributed by atoms with Crippen molar-refractivity contribution in [1.82, 2.24) is 14.8 Å². The number of nitrogens with one attached hydrogen (secondary N) is 1. The minimum Gasteiger partial charge on any atom is -0.497 e. The third kappa shape index (κ3) is 3.79. The molecular formula is C19H27N3O2.